The zero-order valence-corrected chi connectivity index (χ0v) is 15.7. The minimum absolute atomic E-state index is 0. The van der Waals surface area contributed by atoms with E-state index in [1.807, 2.05) is 53.1 Å². The number of hydrogen-bond donors (Lipinski definition) is 2. The van der Waals surface area contributed by atoms with Gasteiger partial charge in [0, 0.05) is 6.54 Å². The van der Waals surface area contributed by atoms with Crippen molar-refractivity contribution >= 4 is 24.0 Å². The Morgan fingerprint density at radius 2 is 1.96 bits per heavy atom. The Kier molecular flexibility index (Phi) is 8.95. The predicted octanol–water partition coefficient (Wildman–Crippen LogP) is 3.63. The van der Waals surface area contributed by atoms with Crippen LogP contribution in [0.2, 0.25) is 0 Å². The molecule has 2 amide bonds. The Morgan fingerprint density at radius 1 is 1.30 bits per heavy atom. The standard InChI is InChI=1S/C18H29N3O.ClH/c1-14(2)15-9-7-10-16(13-15)18(3,4)20-17(22)19-11-8-12-21(5)6;/h7,9-10,13H,1,8,11-12H2,2-6H3,(H2,19,20,22);1H. The second kappa shape index (κ2) is 9.58. The minimum Gasteiger partial charge on any atom is -0.338 e. The zero-order valence-electron chi connectivity index (χ0n) is 14.9. The van der Waals surface area contributed by atoms with E-state index in [4.69, 9.17) is 0 Å². The monoisotopic (exact) mass is 339 g/mol. The lowest BCUT2D eigenvalue weighted by Gasteiger charge is -2.27. The van der Waals surface area contributed by atoms with Crippen molar-refractivity contribution in [3.8, 4) is 0 Å². The van der Waals surface area contributed by atoms with Crippen molar-refractivity contribution in [2.75, 3.05) is 27.2 Å². The molecular formula is C18H30ClN3O. The molecule has 0 spiro atoms. The summed E-state index contributed by atoms with van der Waals surface area (Å²) in [7, 11) is 4.05. The second-order valence-electron chi connectivity index (χ2n) is 6.52. The van der Waals surface area contributed by atoms with Gasteiger partial charge in [-0.1, -0.05) is 30.4 Å². The lowest BCUT2D eigenvalue weighted by Crippen LogP contribution is -2.46. The quantitative estimate of drug-likeness (QED) is 0.745. The highest BCUT2D eigenvalue weighted by molar-refractivity contribution is 5.85. The number of rotatable bonds is 7. The van der Waals surface area contributed by atoms with Gasteiger partial charge in [-0.25, -0.2) is 4.79 Å². The average molecular weight is 340 g/mol. The Balaban J connectivity index is 0.00000484. The first kappa shape index (κ1) is 21.5. The third kappa shape index (κ3) is 7.53. The normalized spacial score (nSPS) is 10.9. The molecule has 0 aliphatic carbocycles. The molecule has 1 rings (SSSR count). The number of urea groups is 1. The highest BCUT2D eigenvalue weighted by Crippen LogP contribution is 2.23. The highest BCUT2D eigenvalue weighted by Gasteiger charge is 2.22. The molecule has 0 aliphatic heterocycles. The Labute approximate surface area is 146 Å². The third-order valence-electron chi connectivity index (χ3n) is 3.57. The molecule has 0 saturated heterocycles. The highest BCUT2D eigenvalue weighted by atomic mass is 35.5. The van der Waals surface area contributed by atoms with E-state index in [0.717, 1.165) is 29.7 Å². The molecular weight excluding hydrogens is 310 g/mol. The molecule has 2 N–H and O–H groups in total. The largest absolute Gasteiger partial charge is 0.338 e. The zero-order chi connectivity index (χ0) is 16.8. The number of benzene rings is 1. The van der Waals surface area contributed by atoms with Crippen molar-refractivity contribution in [2.45, 2.75) is 32.7 Å². The Bertz CT molecular complexity index is 527. The molecule has 1 aromatic carbocycles. The van der Waals surface area contributed by atoms with Gasteiger partial charge >= 0.3 is 6.03 Å². The van der Waals surface area contributed by atoms with Gasteiger partial charge in [0.05, 0.1) is 5.54 Å². The second-order valence-corrected chi connectivity index (χ2v) is 6.52. The van der Waals surface area contributed by atoms with Gasteiger partial charge in [0.1, 0.15) is 0 Å². The Hall–Kier alpha value is -1.52. The van der Waals surface area contributed by atoms with Crippen molar-refractivity contribution in [1.29, 1.82) is 0 Å². The van der Waals surface area contributed by atoms with Crippen LogP contribution in [0.5, 0.6) is 0 Å². The van der Waals surface area contributed by atoms with Gasteiger partial charge in [-0.3, -0.25) is 0 Å². The summed E-state index contributed by atoms with van der Waals surface area (Å²) in [4.78, 5) is 14.1. The van der Waals surface area contributed by atoms with Crippen LogP contribution >= 0.6 is 12.4 Å². The molecule has 0 fully saturated rings. The van der Waals surface area contributed by atoms with Gasteiger partial charge in [-0.15, -0.1) is 12.4 Å². The van der Waals surface area contributed by atoms with Crippen LogP contribution in [0, 0.1) is 0 Å². The van der Waals surface area contributed by atoms with Crippen LogP contribution in [0.1, 0.15) is 38.3 Å². The minimum atomic E-state index is -0.433. The number of nitrogens with one attached hydrogen (secondary N) is 2. The van der Waals surface area contributed by atoms with Gasteiger partial charge in [-0.05, 0) is 65.0 Å². The molecule has 23 heavy (non-hydrogen) atoms. The maximum Gasteiger partial charge on any atom is 0.315 e. The van der Waals surface area contributed by atoms with Crippen LogP contribution in [0.15, 0.2) is 30.8 Å². The van der Waals surface area contributed by atoms with Gasteiger partial charge < -0.3 is 15.5 Å². The molecule has 0 aliphatic rings. The maximum atomic E-state index is 12.0. The van der Waals surface area contributed by atoms with E-state index < -0.39 is 5.54 Å². The van der Waals surface area contributed by atoms with Gasteiger partial charge in [-0.2, -0.15) is 0 Å². The van der Waals surface area contributed by atoms with Crippen LogP contribution in [-0.4, -0.2) is 38.1 Å². The van der Waals surface area contributed by atoms with Crippen LogP contribution < -0.4 is 10.6 Å². The topological polar surface area (TPSA) is 44.4 Å². The molecule has 0 saturated carbocycles. The van der Waals surface area contributed by atoms with E-state index in [-0.39, 0.29) is 18.4 Å². The molecule has 0 unspecified atom stereocenters. The van der Waals surface area contributed by atoms with Crippen LogP contribution in [0.4, 0.5) is 4.79 Å². The summed E-state index contributed by atoms with van der Waals surface area (Å²) in [6.45, 7) is 11.6. The first-order valence-corrected chi connectivity index (χ1v) is 7.69. The van der Waals surface area contributed by atoms with Crippen LogP contribution in [0.3, 0.4) is 0 Å². The lowest BCUT2D eigenvalue weighted by molar-refractivity contribution is 0.229. The van der Waals surface area contributed by atoms with E-state index in [1.165, 1.54) is 0 Å². The summed E-state index contributed by atoms with van der Waals surface area (Å²) in [5.41, 5.74) is 2.75. The van der Waals surface area contributed by atoms with Crippen molar-refractivity contribution < 1.29 is 4.79 Å². The number of amides is 2. The SMILES string of the molecule is C=C(C)c1cccc(C(C)(C)NC(=O)NCCCN(C)C)c1.Cl. The van der Waals surface area contributed by atoms with Gasteiger partial charge in [0.15, 0.2) is 0 Å². The summed E-state index contributed by atoms with van der Waals surface area (Å²) in [5, 5.41) is 5.94. The molecule has 0 bridgehead atoms. The molecule has 5 heteroatoms. The summed E-state index contributed by atoms with van der Waals surface area (Å²) >= 11 is 0. The fraction of sp³-hybridized carbons (Fsp3) is 0.500. The van der Waals surface area contributed by atoms with E-state index in [0.29, 0.717) is 6.54 Å². The van der Waals surface area contributed by atoms with E-state index in [1.54, 1.807) is 0 Å². The van der Waals surface area contributed by atoms with Crippen molar-refractivity contribution in [2.24, 2.45) is 0 Å². The van der Waals surface area contributed by atoms with E-state index in [2.05, 4.69) is 28.2 Å². The summed E-state index contributed by atoms with van der Waals surface area (Å²) in [6, 6.07) is 8.00. The fourth-order valence-corrected chi connectivity index (χ4v) is 2.17. The fourth-order valence-electron chi connectivity index (χ4n) is 2.17. The molecule has 0 heterocycles. The molecule has 0 radical (unpaired) electrons. The lowest BCUT2D eigenvalue weighted by atomic mass is 9.92. The Morgan fingerprint density at radius 3 is 2.52 bits per heavy atom. The summed E-state index contributed by atoms with van der Waals surface area (Å²) < 4.78 is 0. The van der Waals surface area contributed by atoms with Gasteiger partial charge in [0.2, 0.25) is 0 Å². The van der Waals surface area contributed by atoms with Crippen molar-refractivity contribution in [3.63, 3.8) is 0 Å². The first-order valence-electron chi connectivity index (χ1n) is 7.69. The number of allylic oxidation sites excluding steroid dienone is 1. The first-order chi connectivity index (χ1) is 10.2. The number of carbonyl (C=O) groups is 1. The summed E-state index contributed by atoms with van der Waals surface area (Å²) in [5.74, 6) is 0. The van der Waals surface area contributed by atoms with E-state index in [9.17, 15) is 4.79 Å². The number of hydrogen-bond acceptors (Lipinski definition) is 2. The molecule has 1 aromatic rings. The smallest absolute Gasteiger partial charge is 0.315 e. The molecule has 0 aromatic heterocycles. The van der Waals surface area contributed by atoms with Crippen molar-refractivity contribution in [1.82, 2.24) is 15.5 Å². The molecule has 130 valence electrons. The van der Waals surface area contributed by atoms with Crippen LogP contribution in [0.25, 0.3) is 5.57 Å². The third-order valence-corrected chi connectivity index (χ3v) is 3.57. The number of carbonyl (C=O) groups excluding carboxylic acids is 1. The van der Waals surface area contributed by atoms with E-state index >= 15 is 0 Å². The number of halogens is 1. The maximum absolute atomic E-state index is 12.0. The van der Waals surface area contributed by atoms with Crippen molar-refractivity contribution in [3.05, 3.63) is 42.0 Å². The van der Waals surface area contributed by atoms with Gasteiger partial charge in [0.25, 0.3) is 0 Å². The van der Waals surface area contributed by atoms with Crippen LogP contribution in [-0.2, 0) is 5.54 Å². The molecule has 4 nitrogen and oxygen atoms in total. The molecule has 0 atom stereocenters. The number of nitrogens with zero attached hydrogens (tertiary/aromatic N) is 1. The average Bonchev–Trinajstić information content (AvgIpc) is 2.43. The predicted molar refractivity (Wildman–Crippen MR) is 101 cm³/mol. The summed E-state index contributed by atoms with van der Waals surface area (Å²) in [6.07, 6.45) is 0.937.